The van der Waals surface area contributed by atoms with E-state index in [0.717, 1.165) is 37.9 Å². The van der Waals surface area contributed by atoms with Gasteiger partial charge in [0.05, 0.1) is 0 Å². The highest BCUT2D eigenvalue weighted by Gasteiger charge is 1.98. The van der Waals surface area contributed by atoms with Gasteiger partial charge in [-0.3, -0.25) is 9.78 Å². The Morgan fingerprint density at radius 1 is 1.44 bits per heavy atom. The molecule has 1 rings (SSSR count). The van der Waals surface area contributed by atoms with Gasteiger partial charge in [-0.05, 0) is 25.7 Å². The van der Waals surface area contributed by atoms with Gasteiger partial charge in [-0.2, -0.15) is 0 Å². The lowest BCUT2D eigenvalue weighted by Gasteiger charge is -2.05. The maximum atomic E-state index is 11.2. The molecule has 0 saturated carbocycles. The summed E-state index contributed by atoms with van der Waals surface area (Å²) in [5.74, 6) is 0.536. The molecule has 3 N–H and O–H groups in total. The molecule has 1 aromatic heterocycles. The molecule has 0 fully saturated rings. The zero-order chi connectivity index (χ0) is 11.8. The molecule has 1 aromatic rings. The van der Waals surface area contributed by atoms with E-state index in [9.17, 15) is 4.79 Å². The van der Waals surface area contributed by atoms with Crippen molar-refractivity contribution in [2.45, 2.75) is 32.6 Å². The van der Waals surface area contributed by atoms with Gasteiger partial charge in [-0.25, -0.2) is 4.98 Å². The fourth-order valence-corrected chi connectivity index (χ4v) is 1.39. The monoisotopic (exact) mass is 225 g/mol. The third kappa shape index (κ3) is 4.44. The number of hydrogen-bond donors (Lipinski definition) is 3. The number of unbranched alkanes of at least 4 members (excludes halogenated alkanes) is 2. The number of aliphatic hydroxyl groups is 1. The second-order valence-electron chi connectivity index (χ2n) is 3.65. The van der Waals surface area contributed by atoms with E-state index in [1.807, 2.05) is 6.92 Å². The van der Waals surface area contributed by atoms with Crippen LogP contribution in [0.4, 0.5) is 5.95 Å². The summed E-state index contributed by atoms with van der Waals surface area (Å²) in [5.41, 5.74) is 0.673. The minimum Gasteiger partial charge on any atom is -0.396 e. The van der Waals surface area contributed by atoms with E-state index >= 15 is 0 Å². The fourth-order valence-electron chi connectivity index (χ4n) is 1.39. The van der Waals surface area contributed by atoms with Crippen LogP contribution in [-0.2, 0) is 6.42 Å². The summed E-state index contributed by atoms with van der Waals surface area (Å²) < 4.78 is 0. The fraction of sp³-hybridized carbons (Fsp3) is 0.636. The van der Waals surface area contributed by atoms with E-state index in [2.05, 4.69) is 15.3 Å². The lowest BCUT2D eigenvalue weighted by atomic mass is 10.2. The number of aliphatic hydroxyl groups excluding tert-OH is 1. The molecule has 1 heterocycles. The van der Waals surface area contributed by atoms with Crippen LogP contribution >= 0.6 is 0 Å². The Kier molecular flexibility index (Phi) is 5.56. The van der Waals surface area contributed by atoms with Crippen LogP contribution in [0.3, 0.4) is 0 Å². The van der Waals surface area contributed by atoms with Gasteiger partial charge in [0, 0.05) is 24.9 Å². The van der Waals surface area contributed by atoms with Crippen LogP contribution in [0.5, 0.6) is 0 Å². The molecule has 0 atom stereocenters. The first kappa shape index (κ1) is 12.7. The third-order valence-electron chi connectivity index (χ3n) is 2.28. The van der Waals surface area contributed by atoms with E-state index in [-0.39, 0.29) is 12.2 Å². The van der Waals surface area contributed by atoms with Crippen LogP contribution in [0.2, 0.25) is 0 Å². The molecule has 90 valence electrons. The van der Waals surface area contributed by atoms with Crippen molar-refractivity contribution in [1.82, 2.24) is 9.97 Å². The quantitative estimate of drug-likeness (QED) is 0.603. The number of nitrogens with zero attached hydrogens (tertiary/aromatic N) is 1. The highest BCUT2D eigenvalue weighted by molar-refractivity contribution is 5.24. The average molecular weight is 225 g/mol. The zero-order valence-corrected chi connectivity index (χ0v) is 9.62. The zero-order valence-electron chi connectivity index (χ0n) is 9.62. The Labute approximate surface area is 94.9 Å². The maximum absolute atomic E-state index is 11.2. The molecule has 16 heavy (non-hydrogen) atoms. The third-order valence-corrected chi connectivity index (χ3v) is 2.28. The molecule has 0 unspecified atom stereocenters. The van der Waals surface area contributed by atoms with Crippen molar-refractivity contribution in [1.29, 1.82) is 0 Å². The van der Waals surface area contributed by atoms with Gasteiger partial charge in [0.1, 0.15) is 0 Å². The van der Waals surface area contributed by atoms with Crippen LogP contribution in [0.15, 0.2) is 10.9 Å². The predicted octanol–water partition coefficient (Wildman–Crippen LogP) is 0.907. The second-order valence-corrected chi connectivity index (χ2v) is 3.65. The largest absolute Gasteiger partial charge is 0.396 e. The molecule has 0 aliphatic carbocycles. The summed E-state index contributed by atoms with van der Waals surface area (Å²) in [6, 6.07) is 1.51. The molecule has 0 aromatic carbocycles. The van der Waals surface area contributed by atoms with Crippen molar-refractivity contribution in [2.75, 3.05) is 18.5 Å². The van der Waals surface area contributed by atoms with Gasteiger partial charge < -0.3 is 10.4 Å². The van der Waals surface area contributed by atoms with E-state index < -0.39 is 0 Å². The van der Waals surface area contributed by atoms with Crippen LogP contribution in [-0.4, -0.2) is 28.2 Å². The summed E-state index contributed by atoms with van der Waals surface area (Å²) in [6.45, 7) is 2.96. The Hall–Kier alpha value is -1.36. The molecule has 0 radical (unpaired) electrons. The number of aromatic nitrogens is 2. The summed E-state index contributed by atoms with van der Waals surface area (Å²) >= 11 is 0. The van der Waals surface area contributed by atoms with Crippen LogP contribution in [0.1, 0.15) is 31.9 Å². The van der Waals surface area contributed by atoms with Gasteiger partial charge in [-0.1, -0.05) is 6.92 Å². The highest BCUT2D eigenvalue weighted by Crippen LogP contribution is 1.99. The van der Waals surface area contributed by atoms with Crippen molar-refractivity contribution in [3.63, 3.8) is 0 Å². The molecule has 0 amide bonds. The second kappa shape index (κ2) is 7.00. The maximum Gasteiger partial charge on any atom is 0.252 e. The van der Waals surface area contributed by atoms with Gasteiger partial charge >= 0.3 is 0 Å². The minimum atomic E-state index is -0.121. The predicted molar refractivity (Wildman–Crippen MR) is 63.7 cm³/mol. The van der Waals surface area contributed by atoms with Gasteiger partial charge in [-0.15, -0.1) is 0 Å². The summed E-state index contributed by atoms with van der Waals surface area (Å²) in [4.78, 5) is 18.1. The number of anilines is 1. The Morgan fingerprint density at radius 2 is 2.25 bits per heavy atom. The summed E-state index contributed by atoms with van der Waals surface area (Å²) in [7, 11) is 0. The molecule has 0 aliphatic rings. The smallest absolute Gasteiger partial charge is 0.252 e. The SMILES string of the molecule is CCc1cc(=O)[nH]c(NCCCCCO)n1. The molecular formula is C11H19N3O2. The number of nitrogens with one attached hydrogen (secondary N) is 2. The summed E-state index contributed by atoms with van der Waals surface area (Å²) in [5, 5.41) is 11.7. The topological polar surface area (TPSA) is 78.0 Å². The highest BCUT2D eigenvalue weighted by atomic mass is 16.2. The first-order valence-electron chi connectivity index (χ1n) is 5.71. The van der Waals surface area contributed by atoms with E-state index in [1.165, 1.54) is 6.07 Å². The van der Waals surface area contributed by atoms with E-state index in [1.54, 1.807) is 0 Å². The van der Waals surface area contributed by atoms with Crippen molar-refractivity contribution >= 4 is 5.95 Å². The lowest BCUT2D eigenvalue weighted by molar-refractivity contribution is 0.283. The first-order valence-corrected chi connectivity index (χ1v) is 5.71. The van der Waals surface area contributed by atoms with Crippen LogP contribution < -0.4 is 10.9 Å². The van der Waals surface area contributed by atoms with Gasteiger partial charge in [0.15, 0.2) is 0 Å². The normalized spacial score (nSPS) is 10.4. The number of aromatic amines is 1. The molecule has 5 heteroatoms. The Balaban J connectivity index is 2.41. The molecular weight excluding hydrogens is 206 g/mol. The number of H-pyrrole nitrogens is 1. The summed E-state index contributed by atoms with van der Waals surface area (Å²) in [6.07, 6.45) is 3.51. The van der Waals surface area contributed by atoms with Gasteiger partial charge in [0.25, 0.3) is 5.56 Å². The van der Waals surface area contributed by atoms with Crippen LogP contribution in [0.25, 0.3) is 0 Å². The number of hydrogen-bond acceptors (Lipinski definition) is 4. The molecule has 0 aliphatic heterocycles. The molecule has 0 bridgehead atoms. The average Bonchev–Trinajstić information content (AvgIpc) is 2.28. The van der Waals surface area contributed by atoms with E-state index in [0.29, 0.717) is 5.95 Å². The van der Waals surface area contributed by atoms with Crippen molar-refractivity contribution in [2.24, 2.45) is 0 Å². The molecule has 5 nitrogen and oxygen atoms in total. The molecule has 0 saturated heterocycles. The molecule has 0 spiro atoms. The lowest BCUT2D eigenvalue weighted by Crippen LogP contribution is -2.14. The van der Waals surface area contributed by atoms with Crippen LogP contribution in [0, 0.1) is 0 Å². The first-order chi connectivity index (χ1) is 7.76. The van der Waals surface area contributed by atoms with Crippen molar-refractivity contribution in [3.8, 4) is 0 Å². The van der Waals surface area contributed by atoms with Crippen molar-refractivity contribution in [3.05, 3.63) is 22.1 Å². The minimum absolute atomic E-state index is 0.121. The van der Waals surface area contributed by atoms with Crippen molar-refractivity contribution < 1.29 is 5.11 Å². The van der Waals surface area contributed by atoms with Gasteiger partial charge in [0.2, 0.25) is 5.95 Å². The number of aryl methyl sites for hydroxylation is 1. The number of rotatable bonds is 7. The Morgan fingerprint density at radius 3 is 2.94 bits per heavy atom. The van der Waals surface area contributed by atoms with E-state index in [4.69, 9.17) is 5.11 Å². The standard InChI is InChI=1S/C11H19N3O2/c1-2-9-8-10(16)14-11(13-9)12-6-4-3-5-7-15/h8,15H,2-7H2,1H3,(H2,12,13,14,16). The Bertz CT molecular complexity index is 362.